The van der Waals surface area contributed by atoms with Gasteiger partial charge in [-0.05, 0) is 17.7 Å². The molecule has 0 unspecified atom stereocenters. The summed E-state index contributed by atoms with van der Waals surface area (Å²) in [6.45, 7) is 0. The van der Waals surface area contributed by atoms with Crippen LogP contribution >= 0.6 is 0 Å². The lowest BCUT2D eigenvalue weighted by molar-refractivity contribution is 0.0648. The van der Waals surface area contributed by atoms with E-state index >= 15 is 0 Å². The summed E-state index contributed by atoms with van der Waals surface area (Å²) in [4.78, 5) is 22.1. The predicted molar refractivity (Wildman–Crippen MR) is 67.5 cm³/mol. The first-order valence-corrected chi connectivity index (χ1v) is 5.40. The van der Waals surface area contributed by atoms with Crippen LogP contribution in [0.25, 0.3) is 11.1 Å². The topological polar surface area (TPSA) is 94.8 Å². The summed E-state index contributed by atoms with van der Waals surface area (Å²) in [5.74, 6) is -3.42. The van der Waals surface area contributed by atoms with Gasteiger partial charge in [-0.25, -0.2) is 9.59 Å². The molecule has 0 heterocycles. The summed E-state index contributed by atoms with van der Waals surface area (Å²) in [5, 5.41) is 28.0. The minimum Gasteiger partial charge on any atom is -0.506 e. The van der Waals surface area contributed by atoms with Crippen molar-refractivity contribution in [3.63, 3.8) is 0 Å². The van der Waals surface area contributed by atoms with E-state index in [4.69, 9.17) is 10.2 Å². The third-order valence-electron chi connectivity index (χ3n) is 2.71. The summed E-state index contributed by atoms with van der Waals surface area (Å²) in [6.07, 6.45) is 0. The molecular formula is C14H10O5. The van der Waals surface area contributed by atoms with Gasteiger partial charge in [0, 0.05) is 5.56 Å². The van der Waals surface area contributed by atoms with Gasteiger partial charge in [-0.3, -0.25) is 0 Å². The average Bonchev–Trinajstić information content (AvgIpc) is 2.38. The second kappa shape index (κ2) is 4.81. The molecule has 0 aliphatic carbocycles. The zero-order chi connectivity index (χ0) is 14.0. The van der Waals surface area contributed by atoms with Crippen molar-refractivity contribution in [2.24, 2.45) is 0 Å². The molecule has 19 heavy (non-hydrogen) atoms. The smallest absolute Gasteiger partial charge is 0.340 e. The minimum atomic E-state index is -1.48. The van der Waals surface area contributed by atoms with E-state index in [0.717, 1.165) is 0 Å². The van der Waals surface area contributed by atoms with E-state index in [1.165, 1.54) is 12.1 Å². The Labute approximate surface area is 108 Å². The number of benzene rings is 2. The number of carboxylic acid groups (broad SMARTS) is 2. The number of hydrogen-bond acceptors (Lipinski definition) is 3. The van der Waals surface area contributed by atoms with Crippen molar-refractivity contribution in [1.29, 1.82) is 0 Å². The third kappa shape index (κ3) is 2.26. The summed E-state index contributed by atoms with van der Waals surface area (Å²) >= 11 is 0. The molecule has 96 valence electrons. The Balaban J connectivity index is 2.71. The van der Waals surface area contributed by atoms with Crippen LogP contribution in [0.15, 0.2) is 42.5 Å². The lowest BCUT2D eigenvalue weighted by atomic mass is 9.97. The van der Waals surface area contributed by atoms with Crippen molar-refractivity contribution in [2.45, 2.75) is 0 Å². The van der Waals surface area contributed by atoms with E-state index in [2.05, 4.69) is 0 Å². The monoisotopic (exact) mass is 258 g/mol. The fraction of sp³-hybridized carbons (Fsp3) is 0. The standard InChI is InChI=1S/C14H10O5/c15-12-9(8-4-2-1-3-5-8)6-7-10(13(16)17)11(12)14(18)19/h1-7,15H,(H,16,17)(H,18,19). The van der Waals surface area contributed by atoms with E-state index in [-0.39, 0.29) is 5.56 Å². The lowest BCUT2D eigenvalue weighted by Crippen LogP contribution is -2.08. The van der Waals surface area contributed by atoms with Crippen molar-refractivity contribution < 1.29 is 24.9 Å². The molecule has 5 nitrogen and oxygen atoms in total. The molecule has 0 spiro atoms. The van der Waals surface area contributed by atoms with Gasteiger partial charge in [0.15, 0.2) is 0 Å². The molecule has 0 saturated heterocycles. The van der Waals surface area contributed by atoms with Crippen molar-refractivity contribution >= 4 is 11.9 Å². The maximum atomic E-state index is 11.1. The van der Waals surface area contributed by atoms with Crippen LogP contribution in [0.5, 0.6) is 5.75 Å². The zero-order valence-corrected chi connectivity index (χ0v) is 9.70. The number of hydrogen-bond donors (Lipinski definition) is 3. The Hall–Kier alpha value is -2.82. The number of aromatic hydroxyl groups is 1. The first kappa shape index (κ1) is 12.6. The van der Waals surface area contributed by atoms with Gasteiger partial charge < -0.3 is 15.3 Å². The van der Waals surface area contributed by atoms with Gasteiger partial charge in [0.25, 0.3) is 0 Å². The van der Waals surface area contributed by atoms with E-state index in [1.54, 1.807) is 30.3 Å². The van der Waals surface area contributed by atoms with Gasteiger partial charge in [-0.2, -0.15) is 0 Å². The number of rotatable bonds is 3. The number of carbonyl (C=O) groups is 2. The van der Waals surface area contributed by atoms with Crippen molar-refractivity contribution in [1.82, 2.24) is 0 Å². The molecule has 5 heteroatoms. The van der Waals surface area contributed by atoms with Crippen LogP contribution in [0.4, 0.5) is 0 Å². The van der Waals surface area contributed by atoms with Crippen LogP contribution in [0.2, 0.25) is 0 Å². The van der Waals surface area contributed by atoms with E-state index in [1.807, 2.05) is 0 Å². The molecule has 0 saturated carbocycles. The highest BCUT2D eigenvalue weighted by atomic mass is 16.4. The van der Waals surface area contributed by atoms with Gasteiger partial charge in [-0.15, -0.1) is 0 Å². The molecule has 0 fully saturated rings. The van der Waals surface area contributed by atoms with Crippen LogP contribution in [-0.2, 0) is 0 Å². The summed E-state index contributed by atoms with van der Waals surface area (Å²) in [7, 11) is 0. The highest BCUT2D eigenvalue weighted by Gasteiger charge is 2.23. The van der Waals surface area contributed by atoms with Crippen LogP contribution in [-0.4, -0.2) is 27.3 Å². The van der Waals surface area contributed by atoms with Gasteiger partial charge in [0.2, 0.25) is 0 Å². The fourth-order valence-corrected chi connectivity index (χ4v) is 1.84. The van der Waals surface area contributed by atoms with Gasteiger partial charge in [0.05, 0.1) is 5.56 Å². The molecular weight excluding hydrogens is 248 g/mol. The molecule has 0 atom stereocenters. The molecule has 0 aliphatic heterocycles. The summed E-state index contributed by atoms with van der Waals surface area (Å²) < 4.78 is 0. The van der Waals surface area contributed by atoms with Crippen LogP contribution in [0, 0.1) is 0 Å². The maximum Gasteiger partial charge on any atom is 0.340 e. The van der Waals surface area contributed by atoms with Gasteiger partial charge in [0.1, 0.15) is 11.3 Å². The fourth-order valence-electron chi connectivity index (χ4n) is 1.84. The third-order valence-corrected chi connectivity index (χ3v) is 2.71. The molecule has 0 aromatic heterocycles. The van der Waals surface area contributed by atoms with Gasteiger partial charge >= 0.3 is 11.9 Å². The SMILES string of the molecule is O=C(O)c1ccc(-c2ccccc2)c(O)c1C(=O)O. The molecule has 0 aliphatic rings. The highest BCUT2D eigenvalue weighted by Crippen LogP contribution is 2.34. The normalized spacial score (nSPS) is 10.1. The second-order valence-electron chi connectivity index (χ2n) is 3.86. The molecule has 0 amide bonds. The van der Waals surface area contributed by atoms with Crippen LogP contribution < -0.4 is 0 Å². The maximum absolute atomic E-state index is 11.1. The minimum absolute atomic E-state index is 0.281. The van der Waals surface area contributed by atoms with E-state index in [0.29, 0.717) is 5.56 Å². The molecule has 2 aromatic rings. The summed E-state index contributed by atoms with van der Waals surface area (Å²) in [6, 6.07) is 11.2. The second-order valence-corrected chi connectivity index (χ2v) is 3.86. The molecule has 2 rings (SSSR count). The van der Waals surface area contributed by atoms with Crippen molar-refractivity contribution in [2.75, 3.05) is 0 Å². The van der Waals surface area contributed by atoms with Crippen molar-refractivity contribution in [3.8, 4) is 16.9 Å². The molecule has 2 aromatic carbocycles. The predicted octanol–water partition coefficient (Wildman–Crippen LogP) is 2.46. The van der Waals surface area contributed by atoms with E-state index < -0.39 is 28.8 Å². The average molecular weight is 258 g/mol. The first-order valence-electron chi connectivity index (χ1n) is 5.40. The van der Waals surface area contributed by atoms with Crippen molar-refractivity contribution in [3.05, 3.63) is 53.6 Å². The quantitative estimate of drug-likeness (QED) is 0.786. The largest absolute Gasteiger partial charge is 0.506 e. The number of carboxylic acids is 2. The Bertz CT molecular complexity index is 646. The number of phenols is 1. The lowest BCUT2D eigenvalue weighted by Gasteiger charge is -2.10. The first-order chi connectivity index (χ1) is 9.02. The Morgan fingerprint density at radius 3 is 2.00 bits per heavy atom. The Kier molecular flexibility index (Phi) is 3.20. The summed E-state index contributed by atoms with van der Waals surface area (Å²) in [5.41, 5.74) is -0.152. The Morgan fingerprint density at radius 2 is 1.47 bits per heavy atom. The molecule has 3 N–H and O–H groups in total. The van der Waals surface area contributed by atoms with E-state index in [9.17, 15) is 14.7 Å². The highest BCUT2D eigenvalue weighted by molar-refractivity contribution is 6.05. The van der Waals surface area contributed by atoms with Gasteiger partial charge in [-0.1, -0.05) is 30.3 Å². The molecule has 0 bridgehead atoms. The van der Waals surface area contributed by atoms with Crippen LogP contribution in [0.1, 0.15) is 20.7 Å². The zero-order valence-electron chi connectivity index (χ0n) is 9.70. The van der Waals surface area contributed by atoms with Crippen LogP contribution in [0.3, 0.4) is 0 Å². The number of aromatic carboxylic acids is 2. The molecule has 0 radical (unpaired) electrons. The Morgan fingerprint density at radius 1 is 0.842 bits per heavy atom.